The zero-order valence-electron chi connectivity index (χ0n) is 14.0. The van der Waals surface area contributed by atoms with Crippen molar-refractivity contribution in [1.82, 2.24) is 5.32 Å². The van der Waals surface area contributed by atoms with Gasteiger partial charge in [0.25, 0.3) is 0 Å². The Balaban J connectivity index is 1.82. The van der Waals surface area contributed by atoms with Gasteiger partial charge in [-0.1, -0.05) is 24.3 Å². The molecule has 2 atom stereocenters. The molecule has 0 bridgehead atoms. The summed E-state index contributed by atoms with van der Waals surface area (Å²) in [6, 6.07) is 11.2. The van der Waals surface area contributed by atoms with E-state index < -0.39 is 33.4 Å². The fourth-order valence-corrected chi connectivity index (χ4v) is 4.91. The number of halogens is 2. The summed E-state index contributed by atoms with van der Waals surface area (Å²) in [4.78, 5) is 12.5. The molecule has 1 saturated heterocycles. The predicted molar refractivity (Wildman–Crippen MR) is 94.1 cm³/mol. The van der Waals surface area contributed by atoms with Gasteiger partial charge in [-0.3, -0.25) is 4.79 Å². The van der Waals surface area contributed by atoms with Crippen LogP contribution in [-0.2, 0) is 21.1 Å². The average Bonchev–Trinajstić information content (AvgIpc) is 2.94. The lowest BCUT2D eigenvalue weighted by Gasteiger charge is -2.21. The highest BCUT2D eigenvalue weighted by atomic mass is 32.2. The van der Waals surface area contributed by atoms with Crippen LogP contribution in [0.5, 0.6) is 0 Å². The maximum absolute atomic E-state index is 13.6. The Bertz CT molecular complexity index is 915. The second kappa shape index (κ2) is 7.53. The van der Waals surface area contributed by atoms with Gasteiger partial charge in [0.05, 0.1) is 23.5 Å². The molecule has 1 aliphatic heterocycles. The highest BCUT2D eigenvalue weighted by Crippen LogP contribution is 2.23. The molecule has 0 saturated carbocycles. The summed E-state index contributed by atoms with van der Waals surface area (Å²) in [5.41, 5.74) is 1.20. The molecule has 3 rings (SSSR count). The number of rotatable bonds is 5. The molecule has 0 radical (unpaired) electrons. The van der Waals surface area contributed by atoms with Crippen molar-refractivity contribution in [3.05, 3.63) is 71.3 Å². The SMILES string of the molecule is O=C(N[C@@H](Cc1cccc(F)c1)c1cccc(F)c1)[C@@H]1CCS(=O)(=O)C1. The minimum atomic E-state index is -3.18. The Morgan fingerprint density at radius 2 is 1.81 bits per heavy atom. The highest BCUT2D eigenvalue weighted by molar-refractivity contribution is 7.91. The fraction of sp³-hybridized carbons (Fsp3) is 0.316. The normalized spacial score (nSPS) is 19.8. The number of benzene rings is 2. The summed E-state index contributed by atoms with van der Waals surface area (Å²) in [5, 5.41) is 2.82. The third kappa shape index (κ3) is 4.66. The van der Waals surface area contributed by atoms with Crippen molar-refractivity contribution in [3.8, 4) is 0 Å². The Morgan fingerprint density at radius 3 is 2.42 bits per heavy atom. The smallest absolute Gasteiger partial charge is 0.224 e. The molecule has 4 nitrogen and oxygen atoms in total. The number of hydrogen-bond acceptors (Lipinski definition) is 3. The molecular formula is C19H19F2NO3S. The molecule has 0 unspecified atom stereocenters. The Kier molecular flexibility index (Phi) is 5.36. The van der Waals surface area contributed by atoms with Gasteiger partial charge in [-0.2, -0.15) is 0 Å². The molecule has 1 N–H and O–H groups in total. The van der Waals surface area contributed by atoms with Gasteiger partial charge in [-0.05, 0) is 48.2 Å². The summed E-state index contributed by atoms with van der Waals surface area (Å²) in [5.74, 6) is -1.99. The highest BCUT2D eigenvalue weighted by Gasteiger charge is 2.34. The third-order valence-corrected chi connectivity index (χ3v) is 6.27. The number of carbonyl (C=O) groups is 1. The first kappa shape index (κ1) is 18.5. The number of amides is 1. The van der Waals surface area contributed by atoms with Crippen molar-refractivity contribution in [2.24, 2.45) is 5.92 Å². The molecular weight excluding hydrogens is 360 g/mol. The van der Waals surface area contributed by atoms with Crippen LogP contribution in [-0.4, -0.2) is 25.8 Å². The van der Waals surface area contributed by atoms with Gasteiger partial charge in [0.1, 0.15) is 11.6 Å². The standard InChI is InChI=1S/C19H19F2NO3S/c20-16-5-1-3-13(9-16)10-18(14-4-2-6-17(21)11-14)22-19(23)15-7-8-26(24,25)12-15/h1-6,9,11,15,18H,7-8,10,12H2,(H,22,23)/t15-,18+/m1/s1. The van der Waals surface area contributed by atoms with Crippen LogP contribution in [0.3, 0.4) is 0 Å². The van der Waals surface area contributed by atoms with Gasteiger partial charge in [0, 0.05) is 0 Å². The van der Waals surface area contributed by atoms with Gasteiger partial charge in [-0.25, -0.2) is 17.2 Å². The maximum atomic E-state index is 13.6. The summed E-state index contributed by atoms with van der Waals surface area (Å²) < 4.78 is 50.3. The second-order valence-electron chi connectivity index (χ2n) is 6.55. The summed E-state index contributed by atoms with van der Waals surface area (Å²) in [6.45, 7) is 0. The molecule has 2 aromatic rings. The van der Waals surface area contributed by atoms with E-state index in [0.717, 1.165) is 0 Å². The van der Waals surface area contributed by atoms with Crippen LogP contribution < -0.4 is 5.32 Å². The van der Waals surface area contributed by atoms with E-state index in [0.29, 0.717) is 11.1 Å². The first-order valence-corrected chi connectivity index (χ1v) is 10.2. The molecule has 0 aromatic heterocycles. The van der Waals surface area contributed by atoms with Crippen LogP contribution in [0.25, 0.3) is 0 Å². The van der Waals surface area contributed by atoms with Gasteiger partial charge >= 0.3 is 0 Å². The average molecular weight is 379 g/mol. The molecule has 26 heavy (non-hydrogen) atoms. The molecule has 2 aromatic carbocycles. The summed E-state index contributed by atoms with van der Waals surface area (Å²) >= 11 is 0. The molecule has 0 spiro atoms. The molecule has 0 aliphatic carbocycles. The van der Waals surface area contributed by atoms with E-state index in [1.54, 1.807) is 18.2 Å². The number of hydrogen-bond donors (Lipinski definition) is 1. The third-order valence-electron chi connectivity index (χ3n) is 4.50. The van der Waals surface area contributed by atoms with Crippen LogP contribution >= 0.6 is 0 Å². The van der Waals surface area contributed by atoms with Gasteiger partial charge < -0.3 is 5.32 Å². The molecule has 1 amide bonds. The Labute approximate surface area is 151 Å². The van der Waals surface area contributed by atoms with Crippen LogP contribution in [0.1, 0.15) is 23.6 Å². The quantitative estimate of drug-likeness (QED) is 0.869. The van der Waals surface area contributed by atoms with Crippen LogP contribution in [0.2, 0.25) is 0 Å². The van der Waals surface area contributed by atoms with Gasteiger partial charge in [0.2, 0.25) is 5.91 Å². The zero-order chi connectivity index (χ0) is 18.7. The lowest BCUT2D eigenvalue weighted by Crippen LogP contribution is -2.35. The van der Waals surface area contributed by atoms with E-state index in [1.165, 1.54) is 30.3 Å². The lowest BCUT2D eigenvalue weighted by molar-refractivity contribution is -0.125. The van der Waals surface area contributed by atoms with E-state index in [-0.39, 0.29) is 30.3 Å². The van der Waals surface area contributed by atoms with Gasteiger partial charge in [-0.15, -0.1) is 0 Å². The van der Waals surface area contributed by atoms with Crippen molar-refractivity contribution >= 4 is 15.7 Å². The first-order valence-electron chi connectivity index (χ1n) is 8.33. The molecule has 1 heterocycles. The van der Waals surface area contributed by atoms with Crippen molar-refractivity contribution in [1.29, 1.82) is 0 Å². The summed E-state index contributed by atoms with van der Waals surface area (Å²) in [7, 11) is -3.18. The van der Waals surface area contributed by atoms with Gasteiger partial charge in [0.15, 0.2) is 9.84 Å². The molecule has 1 fully saturated rings. The number of sulfone groups is 1. The molecule has 1 aliphatic rings. The van der Waals surface area contributed by atoms with E-state index in [1.807, 2.05) is 0 Å². The fourth-order valence-electron chi connectivity index (χ4n) is 3.17. The van der Waals surface area contributed by atoms with Crippen molar-refractivity contribution in [3.63, 3.8) is 0 Å². The minimum Gasteiger partial charge on any atom is -0.349 e. The minimum absolute atomic E-state index is 0.000382. The van der Waals surface area contributed by atoms with E-state index in [4.69, 9.17) is 0 Å². The first-order chi connectivity index (χ1) is 12.3. The maximum Gasteiger partial charge on any atom is 0.224 e. The second-order valence-corrected chi connectivity index (χ2v) is 8.78. The lowest BCUT2D eigenvalue weighted by atomic mass is 9.97. The van der Waals surface area contributed by atoms with E-state index in [2.05, 4.69) is 5.32 Å². The largest absolute Gasteiger partial charge is 0.349 e. The predicted octanol–water partition coefficient (Wildman–Crippen LogP) is 2.80. The van der Waals surface area contributed by atoms with Crippen molar-refractivity contribution < 1.29 is 22.0 Å². The van der Waals surface area contributed by atoms with Crippen LogP contribution in [0, 0.1) is 17.6 Å². The van der Waals surface area contributed by atoms with Crippen molar-refractivity contribution in [2.75, 3.05) is 11.5 Å². The Hall–Kier alpha value is -2.28. The van der Waals surface area contributed by atoms with Crippen LogP contribution in [0.15, 0.2) is 48.5 Å². The number of carbonyl (C=O) groups excluding carboxylic acids is 1. The molecule has 7 heteroatoms. The zero-order valence-corrected chi connectivity index (χ0v) is 14.8. The number of nitrogens with one attached hydrogen (secondary N) is 1. The van der Waals surface area contributed by atoms with E-state index in [9.17, 15) is 22.0 Å². The van der Waals surface area contributed by atoms with Crippen molar-refractivity contribution in [2.45, 2.75) is 18.9 Å². The molecule has 138 valence electrons. The topological polar surface area (TPSA) is 63.2 Å². The Morgan fingerprint density at radius 1 is 1.12 bits per heavy atom. The monoisotopic (exact) mass is 379 g/mol. The van der Waals surface area contributed by atoms with Crippen LogP contribution in [0.4, 0.5) is 8.78 Å². The van der Waals surface area contributed by atoms with E-state index >= 15 is 0 Å². The summed E-state index contributed by atoms with van der Waals surface area (Å²) in [6.07, 6.45) is 0.552.